The topological polar surface area (TPSA) is 66.7 Å². The highest BCUT2D eigenvalue weighted by atomic mass is 16.5. The Balaban J connectivity index is 1.98. The second-order valence-corrected chi connectivity index (χ2v) is 4.55. The molecular formula is C16H13N2O3-. The first-order chi connectivity index (χ1) is 10.2. The van der Waals surface area contributed by atoms with Crippen molar-refractivity contribution >= 4 is 11.6 Å². The van der Waals surface area contributed by atoms with Crippen LogP contribution < -0.4 is 9.84 Å². The minimum Gasteiger partial charge on any atom is -0.545 e. The van der Waals surface area contributed by atoms with Gasteiger partial charge in [-0.25, -0.2) is 4.98 Å². The van der Waals surface area contributed by atoms with Crippen LogP contribution in [0, 0.1) is 0 Å². The number of carbonyl (C=O) groups excluding carboxylic acids is 1. The van der Waals surface area contributed by atoms with Crippen molar-refractivity contribution in [1.82, 2.24) is 9.38 Å². The van der Waals surface area contributed by atoms with E-state index in [-0.39, 0.29) is 5.56 Å². The Bertz CT molecular complexity index is 791. The molecule has 3 aromatic rings. The lowest BCUT2D eigenvalue weighted by atomic mass is 10.2. The largest absolute Gasteiger partial charge is 0.545 e. The molecule has 5 nitrogen and oxygen atoms in total. The molecule has 3 rings (SSSR count). The Kier molecular flexibility index (Phi) is 3.31. The number of benzene rings is 1. The highest BCUT2D eigenvalue weighted by Gasteiger charge is 2.06. The molecule has 0 fully saturated rings. The van der Waals surface area contributed by atoms with E-state index in [9.17, 15) is 9.90 Å². The average Bonchev–Trinajstić information content (AvgIpc) is 2.91. The van der Waals surface area contributed by atoms with Gasteiger partial charge in [-0.2, -0.15) is 0 Å². The number of carboxylic acids is 1. The molecule has 106 valence electrons. The number of pyridine rings is 1. The van der Waals surface area contributed by atoms with Crippen LogP contribution in [0.3, 0.4) is 0 Å². The number of hydrogen-bond acceptors (Lipinski definition) is 4. The maximum Gasteiger partial charge on any atom is 0.138 e. The number of imidazole rings is 1. The molecule has 0 radical (unpaired) electrons. The first kappa shape index (κ1) is 13.2. The van der Waals surface area contributed by atoms with Gasteiger partial charge in [-0.1, -0.05) is 0 Å². The summed E-state index contributed by atoms with van der Waals surface area (Å²) < 4.78 is 7.18. The quantitative estimate of drug-likeness (QED) is 0.731. The third-order valence-corrected chi connectivity index (χ3v) is 3.16. The summed E-state index contributed by atoms with van der Waals surface area (Å²) in [6.45, 7) is 2.56. The molecule has 5 heteroatoms. The third-order valence-electron chi connectivity index (χ3n) is 3.16. The number of hydrogen-bond donors (Lipinski definition) is 0. The predicted molar refractivity (Wildman–Crippen MR) is 76.1 cm³/mol. The number of aromatic carboxylic acids is 1. The highest BCUT2D eigenvalue weighted by molar-refractivity contribution is 5.87. The van der Waals surface area contributed by atoms with E-state index in [1.54, 1.807) is 10.6 Å². The number of aromatic nitrogens is 2. The van der Waals surface area contributed by atoms with Gasteiger partial charge in [-0.05, 0) is 43.3 Å². The van der Waals surface area contributed by atoms with Crippen molar-refractivity contribution in [1.29, 1.82) is 0 Å². The van der Waals surface area contributed by atoms with Crippen molar-refractivity contribution in [3.05, 3.63) is 54.4 Å². The molecule has 0 bridgehead atoms. The van der Waals surface area contributed by atoms with Crippen molar-refractivity contribution in [3.8, 4) is 17.0 Å². The van der Waals surface area contributed by atoms with Crippen molar-refractivity contribution in [2.75, 3.05) is 6.61 Å². The lowest BCUT2D eigenvalue weighted by molar-refractivity contribution is -0.255. The van der Waals surface area contributed by atoms with Gasteiger partial charge in [0, 0.05) is 23.5 Å². The number of fused-ring (bicyclic) bond motifs is 1. The molecule has 0 amide bonds. The van der Waals surface area contributed by atoms with Crippen LogP contribution in [-0.2, 0) is 0 Å². The first-order valence-electron chi connectivity index (χ1n) is 6.60. The molecule has 2 aromatic heterocycles. The molecule has 0 N–H and O–H groups in total. The Morgan fingerprint density at radius 3 is 2.71 bits per heavy atom. The maximum atomic E-state index is 10.9. The average molecular weight is 281 g/mol. The Morgan fingerprint density at radius 2 is 2.05 bits per heavy atom. The summed E-state index contributed by atoms with van der Waals surface area (Å²) in [6.07, 6.45) is 3.51. The van der Waals surface area contributed by atoms with Gasteiger partial charge in [-0.15, -0.1) is 0 Å². The lowest BCUT2D eigenvalue weighted by Gasteiger charge is -2.02. The molecule has 0 atom stereocenters. The standard InChI is InChI=1S/C16H14N2O3/c1-2-21-13-5-3-11(4-6-13)14-10-18-8-7-12(16(19)20)9-15(18)17-14/h3-10H,2H2,1H3,(H,19,20)/p-1. The minimum atomic E-state index is -1.21. The monoisotopic (exact) mass is 281 g/mol. The molecule has 1 aromatic carbocycles. The molecule has 0 aliphatic carbocycles. The van der Waals surface area contributed by atoms with Crippen LogP contribution in [0.15, 0.2) is 48.8 Å². The Hall–Kier alpha value is -2.82. The van der Waals surface area contributed by atoms with Crippen LogP contribution in [0.5, 0.6) is 5.75 Å². The molecule has 0 aliphatic heterocycles. The van der Waals surface area contributed by atoms with Gasteiger partial charge in [0.2, 0.25) is 0 Å². The van der Waals surface area contributed by atoms with Crippen LogP contribution in [0.2, 0.25) is 0 Å². The summed E-state index contributed by atoms with van der Waals surface area (Å²) in [5.74, 6) is -0.396. The molecule has 2 heterocycles. The SMILES string of the molecule is CCOc1ccc(-c2cn3ccc(C(=O)[O-])cc3n2)cc1. The molecule has 0 saturated carbocycles. The van der Waals surface area contributed by atoms with Gasteiger partial charge in [0.1, 0.15) is 11.4 Å². The fourth-order valence-corrected chi connectivity index (χ4v) is 2.14. The summed E-state index contributed by atoms with van der Waals surface area (Å²) in [5.41, 5.74) is 2.40. The van der Waals surface area contributed by atoms with Crippen LogP contribution >= 0.6 is 0 Å². The summed E-state index contributed by atoms with van der Waals surface area (Å²) in [4.78, 5) is 15.3. The second-order valence-electron chi connectivity index (χ2n) is 4.55. The predicted octanol–water partition coefficient (Wildman–Crippen LogP) is 1.76. The fraction of sp³-hybridized carbons (Fsp3) is 0.125. The zero-order chi connectivity index (χ0) is 14.8. The van der Waals surface area contributed by atoms with Gasteiger partial charge < -0.3 is 19.0 Å². The molecular weight excluding hydrogens is 268 g/mol. The lowest BCUT2D eigenvalue weighted by Crippen LogP contribution is -2.22. The Labute approximate surface area is 121 Å². The second kappa shape index (κ2) is 5.28. The number of nitrogens with zero attached hydrogens (tertiary/aromatic N) is 2. The van der Waals surface area contributed by atoms with Crippen LogP contribution in [0.25, 0.3) is 16.9 Å². The smallest absolute Gasteiger partial charge is 0.138 e. The number of carboxylic acid groups (broad SMARTS) is 1. The first-order valence-corrected chi connectivity index (χ1v) is 6.60. The highest BCUT2D eigenvalue weighted by Crippen LogP contribution is 2.22. The molecule has 0 unspecified atom stereocenters. The summed E-state index contributed by atoms with van der Waals surface area (Å²) in [6, 6.07) is 10.6. The van der Waals surface area contributed by atoms with Gasteiger partial charge in [0.15, 0.2) is 0 Å². The van der Waals surface area contributed by atoms with Gasteiger partial charge in [0.05, 0.1) is 18.3 Å². The van der Waals surface area contributed by atoms with E-state index in [4.69, 9.17) is 4.74 Å². The van der Waals surface area contributed by atoms with Crippen LogP contribution in [0.1, 0.15) is 17.3 Å². The zero-order valence-corrected chi connectivity index (χ0v) is 11.4. The van der Waals surface area contributed by atoms with E-state index in [1.165, 1.54) is 12.1 Å². The minimum absolute atomic E-state index is 0.117. The number of ether oxygens (including phenoxy) is 1. The van der Waals surface area contributed by atoms with E-state index in [0.717, 1.165) is 17.0 Å². The fourth-order valence-electron chi connectivity index (χ4n) is 2.14. The molecule has 21 heavy (non-hydrogen) atoms. The van der Waals surface area contributed by atoms with Gasteiger partial charge in [-0.3, -0.25) is 0 Å². The maximum absolute atomic E-state index is 10.9. The van der Waals surface area contributed by atoms with Crippen molar-refractivity contribution in [3.63, 3.8) is 0 Å². The third kappa shape index (κ3) is 2.58. The van der Waals surface area contributed by atoms with E-state index >= 15 is 0 Å². The van der Waals surface area contributed by atoms with E-state index < -0.39 is 5.97 Å². The van der Waals surface area contributed by atoms with E-state index in [2.05, 4.69) is 4.98 Å². The summed E-state index contributed by atoms with van der Waals surface area (Å²) in [5, 5.41) is 10.9. The van der Waals surface area contributed by atoms with Crippen LogP contribution in [-0.4, -0.2) is 22.0 Å². The van der Waals surface area contributed by atoms with E-state index in [0.29, 0.717) is 12.3 Å². The van der Waals surface area contributed by atoms with Crippen LogP contribution in [0.4, 0.5) is 0 Å². The Morgan fingerprint density at radius 1 is 1.29 bits per heavy atom. The van der Waals surface area contributed by atoms with Crippen molar-refractivity contribution in [2.24, 2.45) is 0 Å². The summed E-state index contributed by atoms with van der Waals surface area (Å²) >= 11 is 0. The molecule has 0 aliphatic rings. The van der Waals surface area contributed by atoms with Gasteiger partial charge >= 0.3 is 0 Å². The van der Waals surface area contributed by atoms with Crippen molar-refractivity contribution < 1.29 is 14.6 Å². The zero-order valence-electron chi connectivity index (χ0n) is 11.4. The molecule has 0 spiro atoms. The van der Waals surface area contributed by atoms with E-state index in [1.807, 2.05) is 37.4 Å². The number of carbonyl (C=O) groups is 1. The van der Waals surface area contributed by atoms with Gasteiger partial charge in [0.25, 0.3) is 0 Å². The van der Waals surface area contributed by atoms with Crippen molar-refractivity contribution in [2.45, 2.75) is 6.92 Å². The molecule has 0 saturated heterocycles. The summed E-state index contributed by atoms with van der Waals surface area (Å²) in [7, 11) is 0. The normalized spacial score (nSPS) is 10.7. The number of rotatable bonds is 4.